The van der Waals surface area contributed by atoms with Crippen LogP contribution in [0.4, 0.5) is 5.13 Å². The lowest BCUT2D eigenvalue weighted by atomic mass is 10.1. The van der Waals surface area contributed by atoms with Gasteiger partial charge < -0.3 is 0 Å². The van der Waals surface area contributed by atoms with Gasteiger partial charge in [-0.2, -0.15) is 0 Å². The zero-order valence-electron chi connectivity index (χ0n) is 13.7. The topological polar surface area (TPSA) is 54.0 Å². The first-order chi connectivity index (χ1) is 10.9. The number of nitrogens with zero attached hydrogens (tertiary/aromatic N) is 1. The highest BCUT2D eigenvalue weighted by molar-refractivity contribution is 7.22. The predicted octanol–water partition coefficient (Wildman–Crippen LogP) is 4.29. The number of nitrogens with one attached hydrogen (secondary N) is 2. The lowest BCUT2D eigenvalue weighted by Gasteiger charge is -2.08. The van der Waals surface area contributed by atoms with E-state index in [1.54, 1.807) is 0 Å². The molecule has 0 bridgehead atoms. The van der Waals surface area contributed by atoms with Crippen LogP contribution in [0.25, 0.3) is 10.2 Å². The average molecular weight is 325 g/mol. The minimum atomic E-state index is -0.158. The Morgan fingerprint density at radius 2 is 1.74 bits per heavy atom. The molecule has 0 radical (unpaired) electrons. The number of benzene rings is 2. The molecule has 0 aliphatic heterocycles. The van der Waals surface area contributed by atoms with E-state index < -0.39 is 0 Å². The highest BCUT2D eigenvalue weighted by Gasteiger charge is 2.11. The average Bonchev–Trinajstić information content (AvgIpc) is 2.88. The van der Waals surface area contributed by atoms with Crippen molar-refractivity contribution in [1.29, 1.82) is 0 Å². The number of amides is 1. The van der Waals surface area contributed by atoms with Gasteiger partial charge in [-0.25, -0.2) is 4.98 Å². The van der Waals surface area contributed by atoms with Crippen LogP contribution in [0.1, 0.15) is 32.6 Å². The molecule has 0 fully saturated rings. The van der Waals surface area contributed by atoms with Crippen LogP contribution < -0.4 is 10.9 Å². The van der Waals surface area contributed by atoms with Crippen molar-refractivity contribution in [1.82, 2.24) is 10.4 Å². The fraction of sp³-hybridized carbons (Fsp3) is 0.222. The minimum Gasteiger partial charge on any atom is -0.273 e. The van der Waals surface area contributed by atoms with E-state index in [1.165, 1.54) is 16.9 Å². The molecule has 0 saturated heterocycles. The van der Waals surface area contributed by atoms with E-state index in [1.807, 2.05) is 39.0 Å². The molecule has 3 rings (SSSR count). The van der Waals surface area contributed by atoms with E-state index >= 15 is 0 Å². The predicted molar refractivity (Wildman–Crippen MR) is 96.1 cm³/mol. The number of aryl methyl sites for hydroxylation is 4. The van der Waals surface area contributed by atoms with Gasteiger partial charge in [0.2, 0.25) is 5.13 Å². The SMILES string of the molecule is Cc1ccc(C(=O)NNc2nc3c(C)cc(C)cc3s2)c(C)c1. The summed E-state index contributed by atoms with van der Waals surface area (Å²) in [5, 5.41) is 0.687. The molecule has 1 aromatic heterocycles. The molecule has 2 aromatic carbocycles. The summed E-state index contributed by atoms with van der Waals surface area (Å²) in [6.07, 6.45) is 0. The normalized spacial score (nSPS) is 10.8. The largest absolute Gasteiger partial charge is 0.273 e. The fourth-order valence-corrected chi connectivity index (χ4v) is 3.67. The number of carbonyl (C=O) groups is 1. The number of rotatable bonds is 3. The number of hydrogen-bond donors (Lipinski definition) is 2. The molecule has 1 heterocycles. The number of aromatic nitrogens is 1. The van der Waals surface area contributed by atoms with Crippen LogP contribution >= 0.6 is 11.3 Å². The van der Waals surface area contributed by atoms with Crippen LogP contribution in [0, 0.1) is 27.7 Å². The monoisotopic (exact) mass is 325 g/mol. The molecule has 0 unspecified atom stereocenters. The van der Waals surface area contributed by atoms with Crippen molar-refractivity contribution < 1.29 is 4.79 Å². The van der Waals surface area contributed by atoms with E-state index in [4.69, 9.17) is 0 Å². The van der Waals surface area contributed by atoms with Crippen LogP contribution in [-0.2, 0) is 0 Å². The molecule has 3 aromatic rings. The molecular formula is C18H19N3OS. The van der Waals surface area contributed by atoms with E-state index in [-0.39, 0.29) is 5.91 Å². The Morgan fingerprint density at radius 1 is 1.00 bits per heavy atom. The molecule has 118 valence electrons. The second-order valence-corrected chi connectivity index (χ2v) is 6.88. The standard InChI is InChI=1S/C18H19N3OS/c1-10-5-6-14(12(3)7-10)17(22)20-21-18-19-16-13(4)8-11(2)9-15(16)23-18/h5-9H,1-4H3,(H,19,21)(H,20,22). The van der Waals surface area contributed by atoms with Gasteiger partial charge in [-0.05, 0) is 56.5 Å². The van der Waals surface area contributed by atoms with E-state index in [9.17, 15) is 4.79 Å². The van der Waals surface area contributed by atoms with Crippen molar-refractivity contribution in [3.05, 3.63) is 58.1 Å². The van der Waals surface area contributed by atoms with E-state index in [0.29, 0.717) is 10.7 Å². The molecule has 0 atom stereocenters. The van der Waals surface area contributed by atoms with Crippen LogP contribution in [0.5, 0.6) is 0 Å². The van der Waals surface area contributed by atoms with Crippen molar-refractivity contribution in [2.75, 3.05) is 5.43 Å². The van der Waals surface area contributed by atoms with Crippen molar-refractivity contribution in [3.8, 4) is 0 Å². The second-order valence-electron chi connectivity index (χ2n) is 5.85. The third-order valence-corrected chi connectivity index (χ3v) is 4.66. The van der Waals surface area contributed by atoms with Gasteiger partial charge in [0, 0.05) is 5.56 Å². The summed E-state index contributed by atoms with van der Waals surface area (Å²) in [5.41, 5.74) is 11.8. The van der Waals surface area contributed by atoms with Gasteiger partial charge in [-0.3, -0.25) is 15.6 Å². The Labute approximate surface area is 139 Å². The van der Waals surface area contributed by atoms with Gasteiger partial charge in [0.1, 0.15) is 0 Å². The Balaban J connectivity index is 1.78. The molecule has 5 heteroatoms. The summed E-state index contributed by atoms with van der Waals surface area (Å²) in [6, 6.07) is 10.00. The van der Waals surface area contributed by atoms with Gasteiger partial charge in [0.25, 0.3) is 5.91 Å². The van der Waals surface area contributed by atoms with Crippen molar-refractivity contribution >= 4 is 32.6 Å². The Morgan fingerprint density at radius 3 is 2.48 bits per heavy atom. The fourth-order valence-electron chi connectivity index (χ4n) is 2.67. The molecule has 0 aliphatic carbocycles. The summed E-state index contributed by atoms with van der Waals surface area (Å²) in [5.74, 6) is -0.158. The zero-order valence-corrected chi connectivity index (χ0v) is 14.5. The third kappa shape index (κ3) is 3.19. The van der Waals surface area contributed by atoms with Gasteiger partial charge in [0.05, 0.1) is 10.2 Å². The van der Waals surface area contributed by atoms with Gasteiger partial charge in [-0.1, -0.05) is 35.1 Å². The first-order valence-corrected chi connectivity index (χ1v) is 8.27. The summed E-state index contributed by atoms with van der Waals surface area (Å²) >= 11 is 1.53. The number of carbonyl (C=O) groups excluding carboxylic acids is 1. The van der Waals surface area contributed by atoms with Gasteiger partial charge >= 0.3 is 0 Å². The first kappa shape index (κ1) is 15.5. The first-order valence-electron chi connectivity index (χ1n) is 7.45. The van der Waals surface area contributed by atoms with Crippen molar-refractivity contribution in [2.45, 2.75) is 27.7 Å². The molecular weight excluding hydrogens is 306 g/mol. The number of thiazole rings is 1. The molecule has 4 nitrogen and oxygen atoms in total. The summed E-state index contributed by atoms with van der Waals surface area (Å²) < 4.78 is 1.12. The van der Waals surface area contributed by atoms with Gasteiger partial charge in [-0.15, -0.1) is 0 Å². The quantitative estimate of drug-likeness (QED) is 0.706. The number of fused-ring (bicyclic) bond motifs is 1. The number of hydrogen-bond acceptors (Lipinski definition) is 4. The zero-order chi connectivity index (χ0) is 16.6. The minimum absolute atomic E-state index is 0.158. The van der Waals surface area contributed by atoms with Crippen molar-refractivity contribution in [3.63, 3.8) is 0 Å². The highest BCUT2D eigenvalue weighted by Crippen LogP contribution is 2.28. The summed E-state index contributed by atoms with van der Waals surface area (Å²) in [4.78, 5) is 16.8. The van der Waals surface area contributed by atoms with E-state index in [0.717, 1.165) is 26.9 Å². The second kappa shape index (κ2) is 6.01. The maximum absolute atomic E-state index is 12.3. The summed E-state index contributed by atoms with van der Waals surface area (Å²) in [7, 11) is 0. The number of anilines is 1. The molecule has 1 amide bonds. The van der Waals surface area contributed by atoms with Crippen molar-refractivity contribution in [2.24, 2.45) is 0 Å². The smallest absolute Gasteiger partial charge is 0.269 e. The van der Waals surface area contributed by atoms with Crippen LogP contribution in [-0.4, -0.2) is 10.9 Å². The molecule has 0 saturated carbocycles. The number of hydrazine groups is 1. The molecule has 0 aliphatic rings. The molecule has 2 N–H and O–H groups in total. The molecule has 0 spiro atoms. The van der Waals surface area contributed by atoms with Crippen LogP contribution in [0.2, 0.25) is 0 Å². The Kier molecular flexibility index (Phi) is 4.05. The van der Waals surface area contributed by atoms with Crippen LogP contribution in [0.15, 0.2) is 30.3 Å². The lowest BCUT2D eigenvalue weighted by Crippen LogP contribution is -2.29. The molecule has 23 heavy (non-hydrogen) atoms. The Hall–Kier alpha value is -2.40. The van der Waals surface area contributed by atoms with Crippen LogP contribution in [0.3, 0.4) is 0 Å². The third-order valence-electron chi connectivity index (χ3n) is 3.74. The highest BCUT2D eigenvalue weighted by atomic mass is 32.1. The summed E-state index contributed by atoms with van der Waals surface area (Å²) in [6.45, 7) is 8.07. The van der Waals surface area contributed by atoms with Gasteiger partial charge in [0.15, 0.2) is 0 Å². The maximum Gasteiger partial charge on any atom is 0.269 e. The Bertz CT molecular complexity index is 899. The van der Waals surface area contributed by atoms with E-state index in [2.05, 4.69) is 34.9 Å². The lowest BCUT2D eigenvalue weighted by molar-refractivity contribution is 0.0962. The maximum atomic E-state index is 12.3.